The molecule has 21 heavy (non-hydrogen) atoms. The highest BCUT2D eigenvalue weighted by atomic mass is 16.1. The number of aromatic amines is 2. The van der Waals surface area contributed by atoms with Crippen molar-refractivity contribution in [3.63, 3.8) is 0 Å². The first-order valence-electron chi connectivity index (χ1n) is 5.68. The molecular weight excluding hydrogens is 276 g/mol. The van der Waals surface area contributed by atoms with E-state index in [0.29, 0.717) is 17.6 Å². The fourth-order valence-corrected chi connectivity index (χ4v) is 1.11. The summed E-state index contributed by atoms with van der Waals surface area (Å²) in [6, 6.07) is 1.78. The van der Waals surface area contributed by atoms with Crippen LogP contribution in [0.3, 0.4) is 0 Å². The third kappa shape index (κ3) is 5.46. The van der Waals surface area contributed by atoms with Crippen molar-refractivity contribution in [2.24, 2.45) is 0 Å². The lowest BCUT2D eigenvalue weighted by atomic mass is 10.5. The van der Waals surface area contributed by atoms with E-state index in [4.69, 9.17) is 10.5 Å². The van der Waals surface area contributed by atoms with Crippen molar-refractivity contribution in [3.05, 3.63) is 41.5 Å². The molecule has 0 bridgehead atoms. The molecule has 3 aromatic heterocycles. The second kappa shape index (κ2) is 8.74. The number of hydrogen-bond donors (Lipinski definition) is 4. The predicted octanol–water partition coefficient (Wildman–Crippen LogP) is -0.933. The third-order valence-corrected chi connectivity index (χ3v) is 1.91. The number of rotatable bonds is 1. The summed E-state index contributed by atoms with van der Waals surface area (Å²) in [6.45, 7) is 0. The van der Waals surface area contributed by atoms with Gasteiger partial charge in [-0.05, 0) is 6.07 Å². The van der Waals surface area contributed by atoms with Crippen LogP contribution in [0, 0.1) is 0 Å². The van der Waals surface area contributed by atoms with Gasteiger partial charge in [-0.25, -0.2) is 15.0 Å². The van der Waals surface area contributed by atoms with E-state index < -0.39 is 0 Å². The molecule has 0 radical (unpaired) electrons. The first-order chi connectivity index (χ1) is 10.2. The second-order valence-electron chi connectivity index (χ2n) is 3.36. The maximum absolute atomic E-state index is 11.0. The van der Waals surface area contributed by atoms with Crippen molar-refractivity contribution in [1.82, 2.24) is 35.2 Å². The molecule has 0 spiro atoms. The Labute approximate surface area is 118 Å². The van der Waals surface area contributed by atoms with Gasteiger partial charge in [0.15, 0.2) is 11.2 Å². The molecule has 10 nitrogen and oxygen atoms in total. The smallest absolute Gasteiger partial charge is 0.278 e. The van der Waals surface area contributed by atoms with Crippen LogP contribution in [0.2, 0.25) is 0 Å². The number of fused-ring (bicyclic) bond motifs is 1. The molecule has 0 aliphatic carbocycles. The Kier molecular flexibility index (Phi) is 6.56. The van der Waals surface area contributed by atoms with Gasteiger partial charge in [-0.3, -0.25) is 14.6 Å². The fraction of sp³-hybridized carbons (Fsp3) is 0.0909. The van der Waals surface area contributed by atoms with Crippen molar-refractivity contribution in [2.45, 2.75) is 0 Å². The number of carbonyl (C=O) groups excluding carboxylic acids is 1. The number of H-pyrrole nitrogens is 2. The maximum atomic E-state index is 11.0. The second-order valence-corrected chi connectivity index (χ2v) is 3.36. The van der Waals surface area contributed by atoms with Crippen LogP contribution in [-0.2, 0) is 4.79 Å². The molecule has 3 rings (SSSR count). The van der Waals surface area contributed by atoms with Crippen molar-refractivity contribution in [2.75, 3.05) is 12.8 Å². The highest BCUT2D eigenvalue weighted by Gasteiger charge is 2.01. The zero-order chi connectivity index (χ0) is 15.5. The van der Waals surface area contributed by atoms with Crippen molar-refractivity contribution >= 4 is 23.5 Å². The normalized spacial score (nSPS) is 8.81. The largest absolute Gasteiger partial charge is 0.369 e. The van der Waals surface area contributed by atoms with Gasteiger partial charge < -0.3 is 16.0 Å². The molecule has 5 N–H and O–H groups in total. The van der Waals surface area contributed by atoms with Crippen LogP contribution in [0.25, 0.3) is 11.2 Å². The summed E-state index contributed by atoms with van der Waals surface area (Å²) >= 11 is 0. The summed E-state index contributed by atoms with van der Waals surface area (Å²) in [5.41, 5.74) is 5.65. The van der Waals surface area contributed by atoms with Crippen molar-refractivity contribution < 1.29 is 4.79 Å². The number of nitrogens with zero attached hydrogens (tertiary/aromatic N) is 4. The summed E-state index contributed by atoms with van der Waals surface area (Å²) in [7, 11) is 1.56. The Morgan fingerprint density at radius 3 is 2.48 bits per heavy atom. The van der Waals surface area contributed by atoms with Gasteiger partial charge in [0.25, 0.3) is 5.56 Å². The van der Waals surface area contributed by atoms with Crippen LogP contribution in [0.1, 0.15) is 0 Å². The van der Waals surface area contributed by atoms with Gasteiger partial charge in [0.1, 0.15) is 6.33 Å². The zero-order valence-corrected chi connectivity index (χ0v) is 11.1. The number of hydrogen-bond acceptors (Lipinski definition) is 7. The van der Waals surface area contributed by atoms with Crippen molar-refractivity contribution in [1.29, 1.82) is 0 Å². The van der Waals surface area contributed by atoms with Crippen LogP contribution >= 0.6 is 0 Å². The summed E-state index contributed by atoms with van der Waals surface area (Å²) in [6.07, 6.45) is 6.90. The molecule has 0 saturated heterocycles. The Morgan fingerprint density at radius 2 is 2.00 bits per heavy atom. The minimum atomic E-state index is -0.301. The van der Waals surface area contributed by atoms with E-state index in [0.717, 1.165) is 0 Å². The number of nitrogens with two attached hydrogens (primary N) is 1. The molecule has 0 atom stereocenters. The standard InChI is InChI=1S/C5H5N5O.C4H4N2.C2H5NO/c6-5-9-3-2(4(11)10-5)7-1-8-3;1-2-5-4-6-3-1;1-3-2-4/h1H,(H4,6,7,8,9,10,11);1-4H;2H,1H3,(H,3,4). The van der Waals surface area contributed by atoms with E-state index in [1.165, 1.54) is 12.7 Å². The van der Waals surface area contributed by atoms with Gasteiger partial charge in [-0.2, -0.15) is 4.98 Å². The van der Waals surface area contributed by atoms with Crippen LogP contribution in [-0.4, -0.2) is 43.4 Å². The van der Waals surface area contributed by atoms with E-state index >= 15 is 0 Å². The molecule has 0 aromatic carbocycles. The van der Waals surface area contributed by atoms with E-state index in [-0.39, 0.29) is 11.5 Å². The quantitative estimate of drug-likeness (QED) is 0.422. The average Bonchev–Trinajstić information content (AvgIpc) is 2.98. The Balaban J connectivity index is 0.000000187. The molecule has 0 unspecified atom stereocenters. The molecule has 0 fully saturated rings. The number of nitrogens with one attached hydrogen (secondary N) is 3. The van der Waals surface area contributed by atoms with Crippen LogP contribution in [0.5, 0.6) is 0 Å². The van der Waals surface area contributed by atoms with Crippen LogP contribution < -0.4 is 16.6 Å². The number of nitrogen functional groups attached to an aromatic ring is 1. The SMILES string of the molecule is CNC=O.Nc1nc2nc[nH]c2c(=O)[nH]1.c1cncnc1. The van der Waals surface area contributed by atoms with Crippen LogP contribution in [0.15, 0.2) is 35.9 Å². The summed E-state index contributed by atoms with van der Waals surface area (Å²) in [5.74, 6) is 0.0783. The molecule has 10 heteroatoms. The van der Waals surface area contributed by atoms with Gasteiger partial charge >= 0.3 is 0 Å². The summed E-state index contributed by atoms with van der Waals surface area (Å²) < 4.78 is 0. The summed E-state index contributed by atoms with van der Waals surface area (Å²) in [4.78, 5) is 40.0. The molecule has 110 valence electrons. The fourth-order valence-electron chi connectivity index (χ4n) is 1.11. The maximum Gasteiger partial charge on any atom is 0.278 e. The minimum Gasteiger partial charge on any atom is -0.369 e. The number of imidazole rings is 1. The molecule has 3 aromatic rings. The first-order valence-corrected chi connectivity index (χ1v) is 5.68. The highest BCUT2D eigenvalue weighted by Crippen LogP contribution is 1.98. The molecule has 3 heterocycles. The van der Waals surface area contributed by atoms with Gasteiger partial charge in [0, 0.05) is 19.4 Å². The molecule has 0 saturated carbocycles. The topological polar surface area (TPSA) is 155 Å². The third-order valence-electron chi connectivity index (χ3n) is 1.91. The lowest BCUT2D eigenvalue weighted by Gasteiger charge is -1.89. The van der Waals surface area contributed by atoms with E-state index in [9.17, 15) is 4.79 Å². The Bertz CT molecular complexity index is 682. The average molecular weight is 290 g/mol. The number of carbonyl (C=O) groups is 1. The minimum absolute atomic E-state index is 0.0783. The molecular formula is C11H14N8O2. The predicted molar refractivity (Wildman–Crippen MR) is 76.1 cm³/mol. The van der Waals surface area contributed by atoms with Gasteiger partial charge in [0.2, 0.25) is 12.4 Å². The van der Waals surface area contributed by atoms with Gasteiger partial charge in [-0.1, -0.05) is 0 Å². The number of amides is 1. The molecule has 1 amide bonds. The first kappa shape index (κ1) is 15.8. The van der Waals surface area contributed by atoms with Crippen LogP contribution in [0.4, 0.5) is 5.95 Å². The summed E-state index contributed by atoms with van der Waals surface area (Å²) in [5, 5.41) is 2.25. The van der Waals surface area contributed by atoms with Gasteiger partial charge in [0.05, 0.1) is 6.33 Å². The monoisotopic (exact) mass is 290 g/mol. The van der Waals surface area contributed by atoms with E-state index in [2.05, 4.69) is 35.2 Å². The number of aromatic nitrogens is 6. The van der Waals surface area contributed by atoms with Crippen molar-refractivity contribution in [3.8, 4) is 0 Å². The molecule has 0 aliphatic heterocycles. The highest BCUT2D eigenvalue weighted by molar-refractivity contribution is 5.69. The Hall–Kier alpha value is -3.30. The van der Waals surface area contributed by atoms with Gasteiger partial charge in [-0.15, -0.1) is 0 Å². The Morgan fingerprint density at radius 1 is 1.33 bits per heavy atom. The lowest BCUT2D eigenvalue weighted by Crippen LogP contribution is -2.10. The number of anilines is 1. The lowest BCUT2D eigenvalue weighted by molar-refractivity contribution is -0.109. The zero-order valence-electron chi connectivity index (χ0n) is 11.1. The molecule has 0 aliphatic rings. The van der Waals surface area contributed by atoms with E-state index in [1.54, 1.807) is 25.5 Å². The van der Waals surface area contributed by atoms with E-state index in [1.807, 2.05) is 0 Å².